The number of hydrogen-bond acceptors (Lipinski definition) is 4. The second-order valence-electron chi connectivity index (χ2n) is 5.27. The van der Waals surface area contributed by atoms with Crippen LogP contribution >= 0.6 is 0 Å². The largest absolute Gasteiger partial charge is 0.386 e. The van der Waals surface area contributed by atoms with Crippen molar-refractivity contribution in [1.82, 2.24) is 9.71 Å². The van der Waals surface area contributed by atoms with E-state index in [2.05, 4.69) is 15.0 Å². The van der Waals surface area contributed by atoms with Gasteiger partial charge in [-0.1, -0.05) is 32.1 Å². The first-order valence-corrected chi connectivity index (χ1v) is 8.77. The molecule has 0 unspecified atom stereocenters. The van der Waals surface area contributed by atoms with E-state index < -0.39 is 10.0 Å². The molecular weight excluding hydrogens is 274 g/mol. The van der Waals surface area contributed by atoms with Crippen LogP contribution in [0.3, 0.4) is 0 Å². The van der Waals surface area contributed by atoms with Gasteiger partial charge in [0.2, 0.25) is 0 Å². The summed E-state index contributed by atoms with van der Waals surface area (Å²) in [6, 6.07) is 3.48. The van der Waals surface area contributed by atoms with Crippen molar-refractivity contribution < 1.29 is 8.42 Å². The summed E-state index contributed by atoms with van der Waals surface area (Å²) < 4.78 is 27.8. The van der Waals surface area contributed by atoms with Crippen molar-refractivity contribution >= 4 is 15.7 Å². The molecule has 5 nitrogen and oxygen atoms in total. The predicted molar refractivity (Wildman–Crippen MR) is 80.2 cm³/mol. The Bertz CT molecular complexity index is 523. The topological polar surface area (TPSA) is 71.1 Å². The van der Waals surface area contributed by atoms with Gasteiger partial charge in [-0.25, -0.2) is 18.1 Å². The minimum absolute atomic E-state index is 0.0343. The smallest absolute Gasteiger partial charge is 0.260 e. The van der Waals surface area contributed by atoms with Crippen LogP contribution in [-0.2, 0) is 10.0 Å². The van der Waals surface area contributed by atoms with E-state index >= 15 is 0 Å². The molecule has 6 heteroatoms. The molecule has 0 amide bonds. The molecule has 1 aromatic heterocycles. The second-order valence-corrected chi connectivity index (χ2v) is 6.90. The van der Waals surface area contributed by atoms with Gasteiger partial charge in [-0.3, -0.25) is 0 Å². The molecule has 20 heavy (non-hydrogen) atoms. The van der Waals surface area contributed by atoms with Gasteiger partial charge in [-0.15, -0.1) is 0 Å². The highest BCUT2D eigenvalue weighted by Gasteiger charge is 2.24. The van der Waals surface area contributed by atoms with Gasteiger partial charge in [0.1, 0.15) is 0 Å². The Morgan fingerprint density at radius 1 is 1.15 bits per heavy atom. The lowest BCUT2D eigenvalue weighted by Crippen LogP contribution is -2.36. The number of nitrogens with zero attached hydrogens (tertiary/aromatic N) is 1. The average Bonchev–Trinajstić information content (AvgIpc) is 2.41. The van der Waals surface area contributed by atoms with Crippen molar-refractivity contribution in [2.24, 2.45) is 0 Å². The van der Waals surface area contributed by atoms with E-state index in [9.17, 15) is 8.42 Å². The van der Waals surface area contributed by atoms with Crippen molar-refractivity contribution in [3.63, 3.8) is 0 Å². The molecule has 2 rings (SSSR count). The third-order valence-corrected chi connectivity index (χ3v) is 5.20. The predicted octanol–water partition coefficient (Wildman–Crippen LogP) is 2.51. The molecule has 0 radical (unpaired) electrons. The lowest BCUT2D eigenvalue weighted by Gasteiger charge is -2.21. The van der Waals surface area contributed by atoms with E-state index in [1.54, 1.807) is 19.2 Å². The van der Waals surface area contributed by atoms with Gasteiger partial charge < -0.3 is 5.32 Å². The molecule has 0 atom stereocenters. The van der Waals surface area contributed by atoms with Crippen LogP contribution in [0.2, 0.25) is 0 Å². The molecule has 1 aliphatic carbocycles. The number of pyridine rings is 1. The molecule has 112 valence electrons. The molecule has 0 aromatic carbocycles. The second kappa shape index (κ2) is 7.04. The van der Waals surface area contributed by atoms with Crippen molar-refractivity contribution in [3.8, 4) is 0 Å². The molecule has 1 heterocycles. The first-order chi connectivity index (χ1) is 9.63. The molecule has 1 aliphatic rings. The van der Waals surface area contributed by atoms with Gasteiger partial charge in [-0.2, -0.15) is 0 Å². The molecule has 0 spiro atoms. The Labute approximate surface area is 121 Å². The van der Waals surface area contributed by atoms with Crippen LogP contribution in [0.15, 0.2) is 23.4 Å². The SMILES string of the molecule is CNc1cccnc1S(=O)(=O)NC1CCCCCCC1. The highest BCUT2D eigenvalue weighted by molar-refractivity contribution is 7.89. The van der Waals surface area contributed by atoms with Gasteiger partial charge in [-0.05, 0) is 25.0 Å². The number of sulfonamides is 1. The normalized spacial score (nSPS) is 18.2. The molecular formula is C14H23N3O2S. The summed E-state index contributed by atoms with van der Waals surface area (Å²) in [5.41, 5.74) is 0.533. The number of nitrogens with one attached hydrogen (secondary N) is 2. The summed E-state index contributed by atoms with van der Waals surface area (Å²) in [6.07, 6.45) is 9.19. The Morgan fingerprint density at radius 3 is 2.45 bits per heavy atom. The lowest BCUT2D eigenvalue weighted by molar-refractivity contribution is 0.426. The highest BCUT2D eigenvalue weighted by Crippen LogP contribution is 2.21. The Balaban J connectivity index is 2.13. The van der Waals surface area contributed by atoms with Crippen LogP contribution in [0.5, 0.6) is 0 Å². The zero-order valence-electron chi connectivity index (χ0n) is 11.9. The summed E-state index contributed by atoms with van der Waals surface area (Å²) in [4.78, 5) is 4.02. The van der Waals surface area contributed by atoms with Crippen LogP contribution in [0.1, 0.15) is 44.9 Å². The number of rotatable bonds is 4. The quantitative estimate of drug-likeness (QED) is 0.896. The van der Waals surface area contributed by atoms with Crippen LogP contribution in [0, 0.1) is 0 Å². The van der Waals surface area contributed by atoms with E-state index in [0.29, 0.717) is 5.69 Å². The summed E-state index contributed by atoms with van der Waals surface area (Å²) in [6.45, 7) is 0. The number of hydrogen-bond donors (Lipinski definition) is 2. The van der Waals surface area contributed by atoms with Crippen molar-refractivity contribution in [3.05, 3.63) is 18.3 Å². The van der Waals surface area contributed by atoms with Gasteiger partial charge in [0, 0.05) is 19.3 Å². The average molecular weight is 297 g/mol. The third kappa shape index (κ3) is 3.93. The Kier molecular flexibility index (Phi) is 5.37. The Hall–Kier alpha value is -1.14. The summed E-state index contributed by atoms with van der Waals surface area (Å²) in [5, 5.41) is 2.97. The molecule has 0 aliphatic heterocycles. The van der Waals surface area contributed by atoms with E-state index in [1.807, 2.05) is 0 Å². The van der Waals surface area contributed by atoms with Gasteiger partial charge in [0.05, 0.1) is 5.69 Å². The number of anilines is 1. The molecule has 0 saturated heterocycles. The van der Waals surface area contributed by atoms with Gasteiger partial charge >= 0.3 is 0 Å². The van der Waals surface area contributed by atoms with Crippen LogP contribution in [-0.4, -0.2) is 26.5 Å². The zero-order valence-corrected chi connectivity index (χ0v) is 12.7. The molecule has 2 N–H and O–H groups in total. The van der Waals surface area contributed by atoms with Crippen LogP contribution in [0.25, 0.3) is 0 Å². The number of aromatic nitrogens is 1. The molecule has 0 bridgehead atoms. The Morgan fingerprint density at radius 2 is 1.80 bits per heavy atom. The summed E-state index contributed by atoms with van der Waals surface area (Å²) in [5.74, 6) is 0. The van der Waals surface area contributed by atoms with Crippen LogP contribution in [0.4, 0.5) is 5.69 Å². The van der Waals surface area contributed by atoms with E-state index in [4.69, 9.17) is 0 Å². The first-order valence-electron chi connectivity index (χ1n) is 7.28. The summed E-state index contributed by atoms with van der Waals surface area (Å²) in [7, 11) is -1.85. The zero-order chi connectivity index (χ0) is 14.4. The molecule has 1 saturated carbocycles. The standard InChI is InChI=1S/C14H23N3O2S/c1-15-13-10-7-11-16-14(13)20(18,19)17-12-8-5-3-2-4-6-9-12/h7,10-12,15,17H,2-6,8-9H2,1H3. The van der Waals surface area contributed by atoms with E-state index in [-0.39, 0.29) is 11.1 Å². The molecule has 1 aromatic rings. The van der Waals surface area contributed by atoms with Gasteiger partial charge in [0.25, 0.3) is 10.0 Å². The van der Waals surface area contributed by atoms with Crippen molar-refractivity contribution in [1.29, 1.82) is 0 Å². The maximum atomic E-state index is 12.5. The third-order valence-electron chi connectivity index (χ3n) is 3.72. The van der Waals surface area contributed by atoms with Crippen molar-refractivity contribution in [2.45, 2.75) is 56.0 Å². The first kappa shape index (κ1) is 15.3. The maximum Gasteiger partial charge on any atom is 0.260 e. The lowest BCUT2D eigenvalue weighted by atomic mass is 9.97. The maximum absolute atomic E-state index is 12.5. The monoisotopic (exact) mass is 297 g/mol. The minimum Gasteiger partial charge on any atom is -0.386 e. The van der Waals surface area contributed by atoms with Gasteiger partial charge in [0.15, 0.2) is 5.03 Å². The molecule has 1 fully saturated rings. The fourth-order valence-corrected chi connectivity index (χ4v) is 4.09. The summed E-state index contributed by atoms with van der Waals surface area (Å²) >= 11 is 0. The van der Waals surface area contributed by atoms with Crippen molar-refractivity contribution in [2.75, 3.05) is 12.4 Å². The highest BCUT2D eigenvalue weighted by atomic mass is 32.2. The van der Waals surface area contributed by atoms with Crippen LogP contribution < -0.4 is 10.0 Å². The van der Waals surface area contributed by atoms with E-state index in [0.717, 1.165) is 25.7 Å². The minimum atomic E-state index is -3.55. The van der Waals surface area contributed by atoms with E-state index in [1.165, 1.54) is 25.5 Å². The fourth-order valence-electron chi connectivity index (χ4n) is 2.64. The fraction of sp³-hybridized carbons (Fsp3) is 0.643.